The Kier molecular flexibility index (Phi) is 12.1. The van der Waals surface area contributed by atoms with Gasteiger partial charge in [0.05, 0.1) is 4.92 Å². The molecule has 0 saturated carbocycles. The average Bonchev–Trinajstić information content (AvgIpc) is 3.40. The van der Waals surface area contributed by atoms with Crippen LogP contribution in [-0.2, 0) is 20.8 Å². The van der Waals surface area contributed by atoms with E-state index in [9.17, 15) is 24.5 Å². The van der Waals surface area contributed by atoms with Crippen LogP contribution in [0.5, 0.6) is 0 Å². The summed E-state index contributed by atoms with van der Waals surface area (Å²) in [5.41, 5.74) is 6.54. The quantitative estimate of drug-likeness (QED) is 0.0573. The van der Waals surface area contributed by atoms with E-state index in [1.807, 2.05) is 30.3 Å². The first-order valence-corrected chi connectivity index (χ1v) is 13.7. The van der Waals surface area contributed by atoms with Gasteiger partial charge in [0.1, 0.15) is 18.1 Å². The summed E-state index contributed by atoms with van der Waals surface area (Å²) in [7, 11) is 0. The van der Waals surface area contributed by atoms with Crippen LogP contribution in [0.25, 0.3) is 0 Å². The van der Waals surface area contributed by atoms with Gasteiger partial charge in [-0.3, -0.25) is 34.3 Å². The molecule has 0 radical (unpaired) electrons. The van der Waals surface area contributed by atoms with Gasteiger partial charge in [0.25, 0.3) is 5.69 Å². The van der Waals surface area contributed by atoms with Crippen LogP contribution in [0.2, 0.25) is 0 Å². The smallest absolute Gasteiger partial charge is 0.269 e. The molecule has 0 aromatic heterocycles. The third kappa shape index (κ3) is 9.88. The average molecular weight is 607 g/mol. The molecule has 0 spiro atoms. The van der Waals surface area contributed by atoms with Crippen LogP contribution >= 0.6 is 23.6 Å². The van der Waals surface area contributed by atoms with Crippen molar-refractivity contribution in [1.29, 1.82) is 0 Å². The number of nitrogens with one attached hydrogen (secondary N) is 4. The normalized spacial score (nSPS) is 16.8. The van der Waals surface area contributed by atoms with Gasteiger partial charge in [-0.2, -0.15) is 0 Å². The number of rotatable bonds is 13. The fraction of sp³-hybridized carbons (Fsp3) is 0.385. The molecule has 1 fully saturated rings. The molecular formula is C26H32Cl2N8O5. The Bertz CT molecular complexity index is 1230. The van der Waals surface area contributed by atoms with Crippen LogP contribution in [0, 0.1) is 10.1 Å². The second-order valence-corrected chi connectivity index (χ2v) is 10.0. The molecule has 0 aliphatic carbocycles. The molecule has 13 nitrogen and oxygen atoms in total. The van der Waals surface area contributed by atoms with Gasteiger partial charge in [-0.05, 0) is 55.2 Å². The van der Waals surface area contributed by atoms with Gasteiger partial charge in [-0.1, -0.05) is 30.3 Å². The molecule has 1 saturated heterocycles. The zero-order valence-corrected chi connectivity index (χ0v) is 23.6. The summed E-state index contributed by atoms with van der Waals surface area (Å²) in [5.74, 6) is -1.48. The molecule has 0 bridgehead atoms. The summed E-state index contributed by atoms with van der Waals surface area (Å²) in [6.45, 7) is 0.784. The number of benzene rings is 2. The number of carbonyl (C=O) groups excluding carboxylic acids is 3. The predicted molar refractivity (Wildman–Crippen MR) is 156 cm³/mol. The van der Waals surface area contributed by atoms with Crippen molar-refractivity contribution in [3.8, 4) is 0 Å². The number of anilines is 1. The number of nitro groups is 1. The highest BCUT2D eigenvalue weighted by atomic mass is 35.5. The minimum atomic E-state index is -1.02. The standard InChI is InChI=1S/C26H32Cl2N8O5/c27-34-26(29)30-14-4-8-20(23(37)31-18-10-12-19(13-11-18)36(40)41)32-24(38)21(16-17-6-2-1-3-7-17)33-25(39)22-9-5-15-35(22)28/h1-3,6-7,10-13,20-22H,4-5,8-9,14-16H2,(H,31,37)(H,32,38)(H,33,39)(H3,29,30,34)/t20-,21-,22+/m0/s1. The zero-order valence-electron chi connectivity index (χ0n) is 22.1. The van der Waals surface area contributed by atoms with Crippen molar-refractivity contribution >= 4 is 58.6 Å². The van der Waals surface area contributed by atoms with Crippen molar-refractivity contribution < 1.29 is 19.3 Å². The molecule has 3 rings (SSSR count). The number of non-ortho nitro benzene ring substituents is 1. The van der Waals surface area contributed by atoms with E-state index < -0.39 is 34.9 Å². The summed E-state index contributed by atoms with van der Waals surface area (Å²) in [6, 6.07) is 11.9. The van der Waals surface area contributed by atoms with E-state index in [2.05, 4.69) is 25.8 Å². The van der Waals surface area contributed by atoms with Gasteiger partial charge in [0.15, 0.2) is 0 Å². The fourth-order valence-corrected chi connectivity index (χ4v) is 4.64. The van der Waals surface area contributed by atoms with Crippen molar-refractivity contribution in [2.45, 2.75) is 50.2 Å². The molecule has 6 N–H and O–H groups in total. The van der Waals surface area contributed by atoms with Crippen LogP contribution in [-0.4, -0.2) is 64.2 Å². The van der Waals surface area contributed by atoms with Gasteiger partial charge in [0.2, 0.25) is 23.7 Å². The number of nitrogens with two attached hydrogens (primary N) is 1. The highest BCUT2D eigenvalue weighted by Gasteiger charge is 2.33. The van der Waals surface area contributed by atoms with Gasteiger partial charge in [0, 0.05) is 49.1 Å². The van der Waals surface area contributed by atoms with E-state index in [0.29, 0.717) is 25.1 Å². The zero-order chi connectivity index (χ0) is 29.8. The SMILES string of the molecule is NC(=NCCC[C@H](NC(=O)[C@H](Cc1ccccc1)NC(=O)[C@H]1CCCN1Cl)C(=O)Nc1ccc([N+](=O)[O-])cc1)NCl. The first-order chi connectivity index (χ1) is 19.7. The van der Waals surface area contributed by atoms with E-state index >= 15 is 0 Å². The lowest BCUT2D eigenvalue weighted by Gasteiger charge is -2.25. The molecular weight excluding hydrogens is 575 g/mol. The fourth-order valence-electron chi connectivity index (χ4n) is 4.28. The third-order valence-electron chi connectivity index (χ3n) is 6.41. The van der Waals surface area contributed by atoms with Crippen molar-refractivity contribution in [3.63, 3.8) is 0 Å². The van der Waals surface area contributed by atoms with Crippen molar-refractivity contribution in [2.24, 2.45) is 10.7 Å². The number of nitrogens with zero attached hydrogens (tertiary/aromatic N) is 3. The molecule has 220 valence electrons. The Morgan fingerprint density at radius 2 is 1.78 bits per heavy atom. The van der Waals surface area contributed by atoms with E-state index in [1.165, 1.54) is 28.7 Å². The number of aliphatic imine (C=N–C) groups is 1. The number of amides is 3. The highest BCUT2D eigenvalue weighted by molar-refractivity contribution is 6.21. The monoisotopic (exact) mass is 606 g/mol. The molecule has 1 aliphatic rings. The van der Waals surface area contributed by atoms with Crippen LogP contribution in [0.4, 0.5) is 11.4 Å². The number of hydrogen-bond acceptors (Lipinski definition) is 7. The molecule has 1 heterocycles. The Morgan fingerprint density at radius 3 is 2.39 bits per heavy atom. The summed E-state index contributed by atoms with van der Waals surface area (Å²) in [4.78, 5) is 56.4. The van der Waals surface area contributed by atoms with Gasteiger partial charge >= 0.3 is 0 Å². The van der Waals surface area contributed by atoms with E-state index in [0.717, 1.165) is 12.0 Å². The summed E-state index contributed by atoms with van der Waals surface area (Å²) < 4.78 is 1.43. The highest BCUT2D eigenvalue weighted by Crippen LogP contribution is 2.20. The van der Waals surface area contributed by atoms with E-state index in [-0.39, 0.29) is 36.9 Å². The minimum Gasteiger partial charge on any atom is -0.369 e. The summed E-state index contributed by atoms with van der Waals surface area (Å²) >= 11 is 11.6. The lowest BCUT2D eigenvalue weighted by molar-refractivity contribution is -0.384. The molecule has 2 aromatic rings. The van der Waals surface area contributed by atoms with E-state index in [1.54, 1.807) is 0 Å². The summed E-state index contributed by atoms with van der Waals surface area (Å²) in [5, 5.41) is 19.2. The van der Waals surface area contributed by atoms with Crippen LogP contribution < -0.4 is 26.5 Å². The van der Waals surface area contributed by atoms with Crippen molar-refractivity contribution in [3.05, 3.63) is 70.3 Å². The maximum Gasteiger partial charge on any atom is 0.269 e. The number of nitro benzene ring substituents is 1. The van der Waals surface area contributed by atoms with Crippen LogP contribution in [0.15, 0.2) is 59.6 Å². The number of halogens is 2. The van der Waals surface area contributed by atoms with Crippen LogP contribution in [0.3, 0.4) is 0 Å². The van der Waals surface area contributed by atoms with Crippen molar-refractivity contribution in [1.82, 2.24) is 19.9 Å². The molecule has 41 heavy (non-hydrogen) atoms. The lowest BCUT2D eigenvalue weighted by atomic mass is 10.0. The first-order valence-electron chi connectivity index (χ1n) is 13.0. The second kappa shape index (κ2) is 15.7. The Morgan fingerprint density at radius 1 is 1.07 bits per heavy atom. The molecule has 15 heteroatoms. The minimum absolute atomic E-state index is 0.00784. The molecule has 1 aliphatic heterocycles. The third-order valence-corrected chi connectivity index (χ3v) is 7.01. The number of carbonyl (C=O) groups is 3. The molecule has 3 atom stereocenters. The Labute approximate surface area is 247 Å². The van der Waals surface area contributed by atoms with Crippen molar-refractivity contribution in [2.75, 3.05) is 18.4 Å². The maximum absolute atomic E-state index is 13.6. The largest absolute Gasteiger partial charge is 0.369 e. The second-order valence-electron chi connectivity index (χ2n) is 9.39. The van der Waals surface area contributed by atoms with Crippen LogP contribution in [0.1, 0.15) is 31.2 Å². The Balaban J connectivity index is 1.77. The van der Waals surface area contributed by atoms with Gasteiger partial charge in [-0.25, -0.2) is 4.42 Å². The Hall–Kier alpha value is -3.94. The predicted octanol–water partition coefficient (Wildman–Crippen LogP) is 2.20. The first kappa shape index (κ1) is 31.6. The summed E-state index contributed by atoms with van der Waals surface area (Å²) in [6.07, 6.45) is 2.04. The van der Waals surface area contributed by atoms with Gasteiger partial charge < -0.3 is 21.7 Å². The number of guanidine groups is 1. The lowest BCUT2D eigenvalue weighted by Crippen LogP contribution is -2.55. The molecule has 2 aromatic carbocycles. The van der Waals surface area contributed by atoms with E-state index in [4.69, 9.17) is 29.3 Å². The molecule has 3 amide bonds. The number of hydrogen-bond donors (Lipinski definition) is 5. The maximum atomic E-state index is 13.6. The molecule has 0 unspecified atom stereocenters. The van der Waals surface area contributed by atoms with Gasteiger partial charge in [-0.15, -0.1) is 0 Å². The topological polar surface area (TPSA) is 184 Å².